The van der Waals surface area contributed by atoms with Crippen LogP contribution in [0.5, 0.6) is 0 Å². The summed E-state index contributed by atoms with van der Waals surface area (Å²) in [6.45, 7) is -0.293. The molecule has 1 aliphatic heterocycles. The monoisotopic (exact) mass is 442 g/mol. The van der Waals surface area contributed by atoms with Crippen molar-refractivity contribution in [2.45, 2.75) is 18.8 Å². The fraction of sp³-hybridized carbons (Fsp3) is 0.348. The molecule has 0 spiro atoms. The molecule has 5 atom stereocenters. The number of carbonyl (C=O) groups is 3. The Hall–Kier alpha value is -2.37. The fourth-order valence-electron chi connectivity index (χ4n) is 5.68. The zero-order valence-electron chi connectivity index (χ0n) is 16.1. The molecule has 0 aromatic heterocycles. The summed E-state index contributed by atoms with van der Waals surface area (Å²) >= 11 is 12.0. The van der Waals surface area contributed by atoms with Crippen molar-refractivity contribution in [3.8, 4) is 0 Å². The molecule has 0 unspecified atom stereocenters. The topological polar surface area (TPSA) is 66.5 Å². The third-order valence-corrected chi connectivity index (χ3v) is 7.39. The maximum Gasteiger partial charge on any atom is 0.244 e. The third kappa shape index (κ3) is 3.12. The van der Waals surface area contributed by atoms with Crippen LogP contribution in [0.2, 0.25) is 10.0 Å². The van der Waals surface area contributed by atoms with Gasteiger partial charge in [-0.25, -0.2) is 0 Å². The molecule has 7 heteroatoms. The van der Waals surface area contributed by atoms with E-state index >= 15 is 0 Å². The van der Waals surface area contributed by atoms with Crippen LogP contribution >= 0.6 is 23.2 Å². The van der Waals surface area contributed by atoms with Crippen LogP contribution in [0, 0.1) is 23.7 Å². The lowest BCUT2D eigenvalue weighted by Gasteiger charge is -2.28. The molecule has 2 aliphatic carbocycles. The molecule has 3 fully saturated rings. The van der Waals surface area contributed by atoms with Gasteiger partial charge in [0.2, 0.25) is 17.7 Å². The maximum absolute atomic E-state index is 13.1. The van der Waals surface area contributed by atoms with Gasteiger partial charge >= 0.3 is 0 Å². The highest BCUT2D eigenvalue weighted by Gasteiger charge is 2.63. The van der Waals surface area contributed by atoms with Gasteiger partial charge in [-0.1, -0.05) is 53.5 Å². The summed E-state index contributed by atoms with van der Waals surface area (Å²) in [5.41, 5.74) is 1.63. The lowest BCUT2D eigenvalue weighted by Crippen LogP contribution is -2.39. The molecule has 5 rings (SSSR count). The number of benzene rings is 2. The smallest absolute Gasteiger partial charge is 0.244 e. The first-order valence-corrected chi connectivity index (χ1v) is 10.8. The molecule has 3 amide bonds. The SMILES string of the molecule is O=C(CN1C(=O)[C@@H]2[C@@H]3C[C@H]([C@H]2C1=O)[C@@H](c1ccccc1)C3)Nc1ccc(Cl)cc1Cl. The van der Waals surface area contributed by atoms with Crippen molar-refractivity contribution in [2.24, 2.45) is 23.7 Å². The van der Waals surface area contributed by atoms with E-state index in [1.54, 1.807) is 12.1 Å². The molecular weight excluding hydrogens is 423 g/mol. The summed E-state index contributed by atoms with van der Waals surface area (Å²) in [7, 11) is 0. The predicted octanol–water partition coefficient (Wildman–Crippen LogP) is 4.36. The molecule has 2 aromatic rings. The number of anilines is 1. The minimum absolute atomic E-state index is 0.164. The molecule has 30 heavy (non-hydrogen) atoms. The quantitative estimate of drug-likeness (QED) is 0.715. The van der Waals surface area contributed by atoms with E-state index in [-0.39, 0.29) is 42.0 Å². The first-order chi connectivity index (χ1) is 14.4. The van der Waals surface area contributed by atoms with Crippen LogP contribution in [0.25, 0.3) is 0 Å². The van der Waals surface area contributed by atoms with E-state index in [1.807, 2.05) is 18.2 Å². The molecule has 0 radical (unpaired) electrons. The molecule has 2 bridgehead atoms. The number of amides is 3. The Morgan fingerprint density at radius 1 is 1.00 bits per heavy atom. The van der Waals surface area contributed by atoms with E-state index < -0.39 is 5.91 Å². The highest BCUT2D eigenvalue weighted by atomic mass is 35.5. The Morgan fingerprint density at radius 2 is 1.73 bits per heavy atom. The number of halogens is 2. The number of nitrogens with one attached hydrogen (secondary N) is 1. The van der Waals surface area contributed by atoms with Crippen molar-refractivity contribution < 1.29 is 14.4 Å². The lowest BCUT2D eigenvalue weighted by atomic mass is 9.73. The van der Waals surface area contributed by atoms with Crippen molar-refractivity contribution >= 4 is 46.6 Å². The summed E-state index contributed by atoms with van der Waals surface area (Å²) in [6, 6.07) is 14.9. The summed E-state index contributed by atoms with van der Waals surface area (Å²) in [5.74, 6) is -0.790. The predicted molar refractivity (Wildman–Crippen MR) is 114 cm³/mol. The zero-order chi connectivity index (χ0) is 21.0. The number of likely N-dealkylation sites (tertiary alicyclic amines) is 1. The van der Waals surface area contributed by atoms with Gasteiger partial charge in [0.05, 0.1) is 22.5 Å². The Morgan fingerprint density at radius 3 is 2.47 bits per heavy atom. The van der Waals surface area contributed by atoms with Crippen molar-refractivity contribution in [1.29, 1.82) is 0 Å². The molecule has 1 saturated heterocycles. The Bertz CT molecular complexity index is 1040. The molecule has 1 N–H and O–H groups in total. The second kappa shape index (κ2) is 7.40. The fourth-order valence-corrected chi connectivity index (χ4v) is 6.14. The minimum Gasteiger partial charge on any atom is -0.323 e. The number of rotatable bonds is 4. The van der Waals surface area contributed by atoms with Crippen LogP contribution < -0.4 is 5.32 Å². The van der Waals surface area contributed by atoms with Crippen LogP contribution in [-0.2, 0) is 14.4 Å². The standard InChI is InChI=1S/C23H20Cl2N2O3/c24-14-6-7-18(17(25)10-14)26-19(28)11-27-22(29)20-13-8-15(12-4-2-1-3-5-12)16(9-13)21(20)23(27)30/h1-7,10,13,15-16,20-21H,8-9,11H2,(H,26,28)/t13-,15+,16-,20+,21+/m0/s1. The molecule has 2 saturated carbocycles. The lowest BCUT2D eigenvalue weighted by molar-refractivity contribution is -0.143. The van der Waals surface area contributed by atoms with E-state index in [2.05, 4.69) is 17.4 Å². The van der Waals surface area contributed by atoms with Gasteiger partial charge in [-0.05, 0) is 54.4 Å². The second-order valence-electron chi connectivity index (χ2n) is 8.40. The summed E-state index contributed by atoms with van der Waals surface area (Å²) < 4.78 is 0. The van der Waals surface area contributed by atoms with Crippen molar-refractivity contribution in [1.82, 2.24) is 4.90 Å². The van der Waals surface area contributed by atoms with Crippen molar-refractivity contribution in [2.75, 3.05) is 11.9 Å². The van der Waals surface area contributed by atoms with E-state index in [4.69, 9.17) is 23.2 Å². The van der Waals surface area contributed by atoms with Crippen LogP contribution in [0.4, 0.5) is 5.69 Å². The zero-order valence-corrected chi connectivity index (χ0v) is 17.6. The molecule has 1 heterocycles. The van der Waals surface area contributed by atoms with Gasteiger partial charge in [-0.2, -0.15) is 0 Å². The van der Waals surface area contributed by atoms with Crippen LogP contribution in [0.1, 0.15) is 24.3 Å². The van der Waals surface area contributed by atoms with Crippen LogP contribution in [0.3, 0.4) is 0 Å². The first kappa shape index (κ1) is 19.6. The highest BCUT2D eigenvalue weighted by Crippen LogP contribution is 2.61. The number of hydrogen-bond donors (Lipinski definition) is 1. The molecule has 3 aliphatic rings. The van der Waals surface area contributed by atoms with Crippen LogP contribution in [-0.4, -0.2) is 29.2 Å². The molecule has 154 valence electrons. The van der Waals surface area contributed by atoms with E-state index in [0.717, 1.165) is 17.7 Å². The van der Waals surface area contributed by atoms with E-state index in [1.165, 1.54) is 11.6 Å². The average Bonchev–Trinajstić information content (AvgIpc) is 3.39. The van der Waals surface area contributed by atoms with Crippen LogP contribution in [0.15, 0.2) is 48.5 Å². The maximum atomic E-state index is 13.1. The van der Waals surface area contributed by atoms with E-state index in [9.17, 15) is 14.4 Å². The summed E-state index contributed by atoms with van der Waals surface area (Å²) in [6.07, 6.45) is 1.84. The molecular formula is C23H20Cl2N2O3. The number of hydrogen-bond acceptors (Lipinski definition) is 3. The number of fused-ring (bicyclic) bond motifs is 5. The van der Waals surface area contributed by atoms with Gasteiger partial charge < -0.3 is 5.32 Å². The van der Waals surface area contributed by atoms with Gasteiger partial charge in [-0.3, -0.25) is 19.3 Å². The van der Waals surface area contributed by atoms with Gasteiger partial charge in [0, 0.05) is 5.02 Å². The Labute approximate surface area is 184 Å². The van der Waals surface area contributed by atoms with Crippen molar-refractivity contribution in [3.63, 3.8) is 0 Å². The van der Waals surface area contributed by atoms with Gasteiger partial charge in [0.15, 0.2) is 0 Å². The summed E-state index contributed by atoms with van der Waals surface area (Å²) in [5, 5.41) is 3.43. The molecule has 5 nitrogen and oxygen atoms in total. The van der Waals surface area contributed by atoms with Crippen molar-refractivity contribution in [3.05, 3.63) is 64.1 Å². The number of imide groups is 1. The summed E-state index contributed by atoms with van der Waals surface area (Å²) in [4.78, 5) is 39.8. The number of nitrogens with zero attached hydrogens (tertiary/aromatic N) is 1. The average molecular weight is 443 g/mol. The Kier molecular flexibility index (Phi) is 4.83. The highest BCUT2D eigenvalue weighted by molar-refractivity contribution is 6.36. The number of carbonyl (C=O) groups excluding carboxylic acids is 3. The van der Waals surface area contributed by atoms with Gasteiger partial charge in [0.25, 0.3) is 0 Å². The molecule has 2 aromatic carbocycles. The van der Waals surface area contributed by atoms with Gasteiger partial charge in [0.1, 0.15) is 6.54 Å². The van der Waals surface area contributed by atoms with E-state index in [0.29, 0.717) is 21.7 Å². The second-order valence-corrected chi connectivity index (χ2v) is 9.24. The normalized spacial score (nSPS) is 29.4. The minimum atomic E-state index is -0.451. The Balaban J connectivity index is 1.31. The largest absolute Gasteiger partial charge is 0.323 e. The third-order valence-electron chi connectivity index (χ3n) is 6.84. The first-order valence-electron chi connectivity index (χ1n) is 10.1. The van der Waals surface area contributed by atoms with Gasteiger partial charge in [-0.15, -0.1) is 0 Å².